The number of nitrogens with zero attached hydrogens (tertiary/aromatic N) is 3. The summed E-state index contributed by atoms with van der Waals surface area (Å²) in [6, 6.07) is 15.5. The number of methoxy groups -OCH3 is 2. The molecule has 0 radical (unpaired) electrons. The lowest BCUT2D eigenvalue weighted by Gasteiger charge is -2.15. The minimum atomic E-state index is -0.412. The first-order chi connectivity index (χ1) is 16.4. The van der Waals surface area contributed by atoms with E-state index in [1.165, 1.54) is 20.4 Å². The van der Waals surface area contributed by atoms with Crippen molar-refractivity contribution in [3.63, 3.8) is 0 Å². The van der Waals surface area contributed by atoms with Crippen LogP contribution in [0.4, 0.5) is 0 Å². The number of fused-ring (bicyclic) bond motifs is 1. The molecule has 0 aliphatic heterocycles. The molecular weight excluding hydrogens is 436 g/mol. The number of aromatic nitrogens is 2. The maximum atomic E-state index is 13.3. The molecule has 2 N–H and O–H groups in total. The average Bonchev–Trinajstić information content (AvgIpc) is 3.25. The van der Waals surface area contributed by atoms with E-state index in [1.54, 1.807) is 42.5 Å². The van der Waals surface area contributed by atoms with Crippen LogP contribution in [0.15, 0.2) is 70.7 Å². The average molecular weight is 460 g/mol. The summed E-state index contributed by atoms with van der Waals surface area (Å²) in [5, 5.41) is 16.0. The summed E-state index contributed by atoms with van der Waals surface area (Å²) in [4.78, 5) is 25.6. The standard InChI is InChI=1S/C25H24N4O5/c1-28-12-6-7-16(28)14-23(30)27-26-15-20-18-8-4-5-9-19(18)24(31)29(25(20)32)17-10-11-21(33-2)22(13-17)34-3/h4-13,15,32H,14H2,1-3H3,(H,27,30)/b26-15+. The molecule has 0 fully saturated rings. The van der Waals surface area contributed by atoms with E-state index < -0.39 is 5.56 Å². The minimum Gasteiger partial charge on any atom is -0.494 e. The summed E-state index contributed by atoms with van der Waals surface area (Å²) in [5.74, 6) is 0.260. The van der Waals surface area contributed by atoms with Crippen LogP contribution >= 0.6 is 0 Å². The van der Waals surface area contributed by atoms with Crippen molar-refractivity contribution in [1.29, 1.82) is 0 Å². The zero-order valence-corrected chi connectivity index (χ0v) is 19.0. The topological polar surface area (TPSA) is 107 Å². The van der Waals surface area contributed by atoms with Gasteiger partial charge in [0.25, 0.3) is 5.56 Å². The molecule has 4 aromatic rings. The molecule has 2 aromatic carbocycles. The smallest absolute Gasteiger partial charge is 0.265 e. The molecule has 0 saturated heterocycles. The van der Waals surface area contributed by atoms with Gasteiger partial charge in [0.2, 0.25) is 11.8 Å². The Hall–Kier alpha value is -4.53. The Bertz CT molecular complexity index is 1450. The Morgan fingerprint density at radius 1 is 1.06 bits per heavy atom. The lowest BCUT2D eigenvalue weighted by molar-refractivity contribution is -0.120. The Morgan fingerprint density at radius 3 is 2.47 bits per heavy atom. The maximum Gasteiger partial charge on any atom is 0.265 e. The van der Waals surface area contributed by atoms with E-state index in [0.717, 1.165) is 10.3 Å². The summed E-state index contributed by atoms with van der Waals surface area (Å²) >= 11 is 0. The number of ether oxygens (including phenoxy) is 2. The number of nitrogens with one attached hydrogen (secondary N) is 1. The molecule has 9 heteroatoms. The highest BCUT2D eigenvalue weighted by molar-refractivity contribution is 6.02. The van der Waals surface area contributed by atoms with Crippen molar-refractivity contribution < 1.29 is 19.4 Å². The van der Waals surface area contributed by atoms with E-state index in [-0.39, 0.29) is 23.8 Å². The van der Waals surface area contributed by atoms with Gasteiger partial charge >= 0.3 is 0 Å². The third-order valence-electron chi connectivity index (χ3n) is 5.50. The van der Waals surface area contributed by atoms with Gasteiger partial charge in [0.05, 0.1) is 38.1 Å². The van der Waals surface area contributed by atoms with Crippen LogP contribution in [-0.2, 0) is 18.3 Å². The second kappa shape index (κ2) is 9.53. The van der Waals surface area contributed by atoms with E-state index in [4.69, 9.17) is 9.47 Å². The van der Waals surface area contributed by atoms with Crippen molar-refractivity contribution >= 4 is 22.9 Å². The second-order valence-electron chi connectivity index (χ2n) is 7.54. The zero-order chi connectivity index (χ0) is 24.2. The fourth-order valence-electron chi connectivity index (χ4n) is 3.75. The van der Waals surface area contributed by atoms with Gasteiger partial charge in [0.1, 0.15) is 0 Å². The largest absolute Gasteiger partial charge is 0.494 e. The molecule has 174 valence electrons. The van der Waals surface area contributed by atoms with Crippen LogP contribution < -0.4 is 20.5 Å². The predicted molar refractivity (Wildman–Crippen MR) is 129 cm³/mol. The van der Waals surface area contributed by atoms with Crippen molar-refractivity contribution in [2.24, 2.45) is 12.1 Å². The molecule has 0 spiro atoms. The minimum absolute atomic E-state index is 0.151. The highest BCUT2D eigenvalue weighted by Crippen LogP contribution is 2.32. The first-order valence-corrected chi connectivity index (χ1v) is 10.5. The molecule has 0 unspecified atom stereocenters. The Kier molecular flexibility index (Phi) is 6.35. The molecule has 0 saturated carbocycles. The van der Waals surface area contributed by atoms with Gasteiger partial charge in [-0.15, -0.1) is 0 Å². The fraction of sp³-hybridized carbons (Fsp3) is 0.160. The van der Waals surface area contributed by atoms with Crippen LogP contribution in [0, 0.1) is 0 Å². The van der Waals surface area contributed by atoms with Crippen molar-refractivity contribution in [2.45, 2.75) is 6.42 Å². The molecule has 9 nitrogen and oxygen atoms in total. The van der Waals surface area contributed by atoms with Crippen LogP contribution in [-0.4, -0.2) is 40.6 Å². The summed E-state index contributed by atoms with van der Waals surface area (Å²) in [6.07, 6.45) is 3.34. The van der Waals surface area contributed by atoms with Crippen molar-refractivity contribution in [3.05, 3.63) is 82.4 Å². The number of aryl methyl sites for hydroxylation is 1. The lowest BCUT2D eigenvalue weighted by Crippen LogP contribution is -2.22. The van der Waals surface area contributed by atoms with E-state index in [2.05, 4.69) is 10.5 Å². The predicted octanol–water partition coefficient (Wildman–Crippen LogP) is 2.74. The zero-order valence-electron chi connectivity index (χ0n) is 19.0. The van der Waals surface area contributed by atoms with Gasteiger partial charge in [-0.1, -0.05) is 18.2 Å². The number of hydrogen-bond acceptors (Lipinski definition) is 6. The highest BCUT2D eigenvalue weighted by Gasteiger charge is 2.18. The number of amides is 1. The summed E-state index contributed by atoms with van der Waals surface area (Å²) < 4.78 is 13.6. The number of aromatic hydroxyl groups is 1. The van der Waals surface area contributed by atoms with Gasteiger partial charge in [-0.3, -0.25) is 9.59 Å². The molecule has 4 rings (SSSR count). The Balaban J connectivity index is 1.75. The third-order valence-corrected chi connectivity index (χ3v) is 5.50. The van der Waals surface area contributed by atoms with Crippen LogP contribution in [0.5, 0.6) is 17.4 Å². The van der Waals surface area contributed by atoms with Crippen molar-refractivity contribution in [1.82, 2.24) is 14.6 Å². The highest BCUT2D eigenvalue weighted by atomic mass is 16.5. The van der Waals surface area contributed by atoms with Crippen molar-refractivity contribution in [3.8, 4) is 23.1 Å². The Morgan fingerprint density at radius 2 is 1.79 bits per heavy atom. The molecule has 0 aliphatic carbocycles. The van der Waals surface area contributed by atoms with E-state index >= 15 is 0 Å². The van der Waals surface area contributed by atoms with Gasteiger partial charge in [0.15, 0.2) is 11.5 Å². The molecular formula is C25H24N4O5. The third kappa shape index (κ3) is 4.23. The van der Waals surface area contributed by atoms with Crippen LogP contribution in [0.1, 0.15) is 11.3 Å². The lowest BCUT2D eigenvalue weighted by atomic mass is 10.1. The first-order valence-electron chi connectivity index (χ1n) is 10.5. The molecule has 2 aromatic heterocycles. The Labute approximate surface area is 195 Å². The molecule has 34 heavy (non-hydrogen) atoms. The van der Waals surface area contributed by atoms with Crippen LogP contribution in [0.25, 0.3) is 16.5 Å². The van der Waals surface area contributed by atoms with E-state index in [0.29, 0.717) is 28.0 Å². The fourth-order valence-corrected chi connectivity index (χ4v) is 3.75. The molecule has 1 amide bonds. The van der Waals surface area contributed by atoms with Gasteiger partial charge < -0.3 is 19.1 Å². The first kappa shape index (κ1) is 22.7. The second-order valence-corrected chi connectivity index (χ2v) is 7.54. The SMILES string of the molecule is COc1ccc(-n2c(O)c(/C=N/NC(=O)Cc3cccn3C)c3ccccc3c2=O)cc1OC. The van der Waals surface area contributed by atoms with Gasteiger partial charge in [0, 0.05) is 35.8 Å². The summed E-state index contributed by atoms with van der Waals surface area (Å²) in [7, 11) is 4.85. The summed E-state index contributed by atoms with van der Waals surface area (Å²) in [6.45, 7) is 0. The monoisotopic (exact) mass is 460 g/mol. The number of carbonyl (C=O) groups excluding carboxylic acids is 1. The number of benzene rings is 2. The van der Waals surface area contributed by atoms with Crippen molar-refractivity contribution in [2.75, 3.05) is 14.2 Å². The molecule has 0 bridgehead atoms. The van der Waals surface area contributed by atoms with E-state index in [1.807, 2.05) is 29.9 Å². The van der Waals surface area contributed by atoms with Gasteiger partial charge in [-0.2, -0.15) is 5.10 Å². The maximum absolute atomic E-state index is 13.3. The number of carbonyl (C=O) groups is 1. The van der Waals surface area contributed by atoms with Crippen LogP contribution in [0.3, 0.4) is 0 Å². The number of hydrogen-bond donors (Lipinski definition) is 2. The van der Waals surface area contributed by atoms with Gasteiger partial charge in [-0.05, 0) is 30.3 Å². The van der Waals surface area contributed by atoms with Gasteiger partial charge in [-0.25, -0.2) is 9.99 Å². The quantitative estimate of drug-likeness (QED) is 0.326. The van der Waals surface area contributed by atoms with Crippen LogP contribution in [0.2, 0.25) is 0 Å². The normalized spacial score (nSPS) is 11.1. The number of rotatable bonds is 7. The number of hydrazone groups is 1. The molecule has 2 heterocycles. The molecule has 0 aliphatic rings. The summed E-state index contributed by atoms with van der Waals surface area (Å²) in [5.41, 5.74) is 3.57. The van der Waals surface area contributed by atoms with E-state index in [9.17, 15) is 14.7 Å². The molecule has 0 atom stereocenters. The number of pyridine rings is 1.